The summed E-state index contributed by atoms with van der Waals surface area (Å²) in [6.07, 6.45) is 1.85. The Labute approximate surface area is 104 Å². The van der Waals surface area contributed by atoms with Crippen molar-refractivity contribution in [2.24, 2.45) is 9.98 Å². The molecule has 0 aliphatic carbocycles. The molecule has 0 amide bonds. The van der Waals surface area contributed by atoms with E-state index in [0.717, 1.165) is 0 Å². The molecule has 0 heterocycles. The summed E-state index contributed by atoms with van der Waals surface area (Å²) < 4.78 is 4.26. The normalized spacial score (nSPS) is 7.18. The van der Waals surface area contributed by atoms with Gasteiger partial charge in [-0.05, 0) is 0 Å². The molecule has 0 radical (unpaired) electrons. The maximum absolute atomic E-state index is 10.2. The fourth-order valence-electron chi connectivity index (χ4n) is 0.494. The predicted octanol–water partition coefficient (Wildman–Crippen LogP) is 2.36. The second-order valence-electron chi connectivity index (χ2n) is 2.72. The maximum Gasteiger partial charge on any atom is 0.305 e. The van der Waals surface area contributed by atoms with Crippen LogP contribution in [0.1, 0.15) is 40.0 Å². The predicted molar refractivity (Wildman–Crippen MR) is 69.6 cm³/mol. The Morgan fingerprint density at radius 1 is 1.00 bits per heavy atom. The van der Waals surface area contributed by atoms with Crippen molar-refractivity contribution in [3.63, 3.8) is 0 Å². The zero-order chi connectivity index (χ0) is 14.1. The first-order valence-corrected chi connectivity index (χ1v) is 5.54. The zero-order valence-corrected chi connectivity index (χ0v) is 11.7. The van der Waals surface area contributed by atoms with Crippen LogP contribution in [0, 0.1) is 0 Å². The number of methoxy groups -OCH3 is 1. The van der Waals surface area contributed by atoms with Crippen molar-refractivity contribution < 1.29 is 14.3 Å². The van der Waals surface area contributed by atoms with Gasteiger partial charge in [-0.3, -0.25) is 9.59 Å². The van der Waals surface area contributed by atoms with E-state index in [9.17, 15) is 9.59 Å². The second kappa shape index (κ2) is 20.0. The van der Waals surface area contributed by atoms with E-state index in [-0.39, 0.29) is 5.97 Å². The highest BCUT2D eigenvalue weighted by Crippen LogP contribution is 1.83. The van der Waals surface area contributed by atoms with Gasteiger partial charge < -0.3 is 4.74 Å². The van der Waals surface area contributed by atoms with Crippen LogP contribution < -0.4 is 0 Å². The van der Waals surface area contributed by atoms with E-state index in [0.29, 0.717) is 25.0 Å². The molecule has 0 spiro atoms. The van der Waals surface area contributed by atoms with Gasteiger partial charge in [-0.1, -0.05) is 20.8 Å². The molecule has 0 rings (SSSR count). The molecule has 0 saturated heterocycles. The molecule has 0 aliphatic heterocycles. The van der Waals surface area contributed by atoms with Gasteiger partial charge in [-0.25, -0.2) is 9.98 Å². The molecule has 100 valence electrons. The number of carbonyl (C=O) groups is 2. The highest BCUT2D eigenvalue weighted by molar-refractivity contribution is 5.77. The van der Waals surface area contributed by atoms with Gasteiger partial charge in [0.1, 0.15) is 5.78 Å². The first-order valence-electron chi connectivity index (χ1n) is 5.54. The topological polar surface area (TPSA) is 68.1 Å². The Hall–Kier alpha value is -1.48. The van der Waals surface area contributed by atoms with Crippen molar-refractivity contribution >= 4 is 17.8 Å². The number of Topliss-reactive ketones (excluding diaryl/α,β-unsaturated/α-hetero) is 1. The third-order valence-corrected chi connectivity index (χ3v) is 1.51. The fraction of sp³-hybridized carbons (Fsp3) is 0.750. The molecule has 5 nitrogen and oxygen atoms in total. The average molecular weight is 244 g/mol. The summed E-state index contributed by atoms with van der Waals surface area (Å²) in [5.74, 6) is 0.185. The fourth-order valence-corrected chi connectivity index (χ4v) is 0.494. The molecule has 0 aliphatic rings. The Bertz CT molecular complexity index is 210. The van der Waals surface area contributed by atoms with E-state index >= 15 is 0 Å². The van der Waals surface area contributed by atoms with Gasteiger partial charge in [0.25, 0.3) is 0 Å². The number of aliphatic imine (C=N–C) groups is 2. The number of esters is 1. The summed E-state index contributed by atoms with van der Waals surface area (Å²) >= 11 is 0. The third-order valence-electron chi connectivity index (χ3n) is 1.51. The molecule has 0 aromatic rings. The lowest BCUT2D eigenvalue weighted by Gasteiger charge is -1.87. The Kier molecular flexibility index (Phi) is 24.6. The molecular weight excluding hydrogens is 220 g/mol. The third kappa shape index (κ3) is 31.4. The SMILES string of the molecule is CCC(=O)CC.CCC(=O)OC.CN=C=NC. The summed E-state index contributed by atoms with van der Waals surface area (Å²) in [4.78, 5) is 27.0. The van der Waals surface area contributed by atoms with Crippen LogP contribution in [0.3, 0.4) is 0 Å². The van der Waals surface area contributed by atoms with Gasteiger partial charge in [0.05, 0.1) is 13.1 Å². The number of rotatable bonds is 3. The second-order valence-corrected chi connectivity index (χ2v) is 2.72. The highest BCUT2D eigenvalue weighted by atomic mass is 16.5. The molecule has 0 unspecified atom stereocenters. The van der Waals surface area contributed by atoms with Crippen LogP contribution in [-0.4, -0.2) is 39.0 Å². The molecule has 0 aromatic carbocycles. The molecule has 0 aromatic heterocycles. The van der Waals surface area contributed by atoms with Crippen LogP contribution >= 0.6 is 0 Å². The molecular formula is C12H24N2O3. The minimum atomic E-state index is -0.157. The summed E-state index contributed by atoms with van der Waals surface area (Å²) in [5.41, 5.74) is 0. The zero-order valence-electron chi connectivity index (χ0n) is 11.7. The van der Waals surface area contributed by atoms with Crippen LogP contribution in [0.25, 0.3) is 0 Å². The van der Waals surface area contributed by atoms with E-state index in [1.807, 2.05) is 13.8 Å². The van der Waals surface area contributed by atoms with Crippen molar-refractivity contribution in [3.05, 3.63) is 0 Å². The van der Waals surface area contributed by atoms with Crippen molar-refractivity contribution in [2.75, 3.05) is 21.2 Å². The summed E-state index contributed by atoms with van der Waals surface area (Å²) in [5, 5.41) is 0. The van der Waals surface area contributed by atoms with Crippen molar-refractivity contribution in [2.45, 2.75) is 40.0 Å². The van der Waals surface area contributed by atoms with E-state index in [1.54, 1.807) is 21.0 Å². The van der Waals surface area contributed by atoms with Gasteiger partial charge in [0, 0.05) is 33.4 Å². The molecule has 0 bridgehead atoms. The van der Waals surface area contributed by atoms with Crippen LogP contribution in [0.15, 0.2) is 9.98 Å². The Morgan fingerprint density at radius 2 is 1.41 bits per heavy atom. The number of nitrogens with zero attached hydrogens (tertiary/aromatic N) is 2. The number of ether oxygens (including phenoxy) is 1. The lowest BCUT2D eigenvalue weighted by molar-refractivity contribution is -0.140. The Balaban J connectivity index is -0.000000174. The minimum absolute atomic E-state index is 0.157. The van der Waals surface area contributed by atoms with Crippen LogP contribution in [-0.2, 0) is 14.3 Å². The summed E-state index contributed by atoms with van der Waals surface area (Å²) in [7, 11) is 4.64. The largest absolute Gasteiger partial charge is 0.469 e. The number of carbonyl (C=O) groups excluding carboxylic acids is 2. The first-order chi connectivity index (χ1) is 8.03. The van der Waals surface area contributed by atoms with Gasteiger partial charge >= 0.3 is 5.97 Å². The smallest absolute Gasteiger partial charge is 0.305 e. The molecule has 0 N–H and O–H groups in total. The van der Waals surface area contributed by atoms with Gasteiger partial charge in [0.15, 0.2) is 0 Å². The lowest BCUT2D eigenvalue weighted by atomic mass is 10.3. The first kappa shape index (κ1) is 20.9. The monoisotopic (exact) mass is 244 g/mol. The van der Waals surface area contributed by atoms with E-state index in [2.05, 4.69) is 20.7 Å². The average Bonchev–Trinajstić information content (AvgIpc) is 2.39. The quantitative estimate of drug-likeness (QED) is 0.565. The Morgan fingerprint density at radius 3 is 1.41 bits per heavy atom. The molecule has 0 saturated carbocycles. The minimum Gasteiger partial charge on any atom is -0.469 e. The number of ketones is 1. The molecule has 17 heavy (non-hydrogen) atoms. The summed E-state index contributed by atoms with van der Waals surface area (Å²) in [6, 6.07) is 2.36. The summed E-state index contributed by atoms with van der Waals surface area (Å²) in [6.45, 7) is 5.52. The van der Waals surface area contributed by atoms with E-state index < -0.39 is 0 Å². The molecule has 5 heteroatoms. The van der Waals surface area contributed by atoms with Gasteiger partial charge in [-0.15, -0.1) is 0 Å². The van der Waals surface area contributed by atoms with E-state index in [4.69, 9.17) is 0 Å². The maximum atomic E-state index is 10.2. The van der Waals surface area contributed by atoms with Crippen molar-refractivity contribution in [1.29, 1.82) is 0 Å². The van der Waals surface area contributed by atoms with Crippen molar-refractivity contribution in [1.82, 2.24) is 0 Å². The van der Waals surface area contributed by atoms with Gasteiger partial charge in [-0.2, -0.15) is 0 Å². The lowest BCUT2D eigenvalue weighted by Crippen LogP contribution is -1.94. The van der Waals surface area contributed by atoms with Crippen molar-refractivity contribution in [3.8, 4) is 0 Å². The van der Waals surface area contributed by atoms with Crippen LogP contribution in [0.5, 0.6) is 0 Å². The number of hydrogen-bond donors (Lipinski definition) is 0. The number of hydrogen-bond acceptors (Lipinski definition) is 5. The molecule has 0 atom stereocenters. The molecule has 0 fully saturated rings. The van der Waals surface area contributed by atoms with E-state index in [1.165, 1.54) is 7.11 Å². The highest BCUT2D eigenvalue weighted by Gasteiger charge is 1.87. The van der Waals surface area contributed by atoms with Crippen LogP contribution in [0.4, 0.5) is 0 Å². The van der Waals surface area contributed by atoms with Crippen LogP contribution in [0.2, 0.25) is 0 Å². The standard InChI is InChI=1S/C5H10O.C4H8O2.C3H6N2/c1-3-5(6)4-2;1-3-4(5)6-2;1-4-3-5-2/h3-4H2,1-2H3;3H2,1-2H3;1-2H3. The van der Waals surface area contributed by atoms with Gasteiger partial charge in [0.2, 0.25) is 0 Å².